The maximum atomic E-state index is 15.0. The number of benzene rings is 2. The number of hydrogen-bond acceptors (Lipinski definition) is 13. The lowest BCUT2D eigenvalue weighted by atomic mass is 9.95. The standard InChI is InChI=1S/C65H98N12O13/c1-39(2)33-47-64(89)77-32-28-50(77)58(83)72-65(90)75(11)52(35-41(5)6)60(85)71-55(43(8)78)61(86)66-29-20-19-27-53(79)67-46(36-44-23-15-12-16-24-44)57(82)69-49(63(88)76-30-21-14-22-31-76)38-54(80)73(9)42(7)56(81)68-48(37-45-25-17-13-18-26-45)62(87)74(10)51(34-40(3)4)59(84)70-47/h12-13,15-18,23-26,39-43,46-52,55,78H,14,19-22,27-38H2,1-11H3,(H,66,86)(H,67,79)(H,68,81)(H,69,82)(H,70,84)(H,71,85)(H,72,83,90)/t42-,43+,46-,47-,48-,49-,50-,51?,52-,55-/m0/s1. The van der Waals surface area contributed by atoms with Crippen LogP contribution in [0.3, 0.4) is 0 Å². The number of carbonyl (C=O) groups is 12. The average molecular weight is 1260 g/mol. The molecule has 3 heterocycles. The lowest BCUT2D eigenvalue weighted by Gasteiger charge is -2.42. The third-order valence-electron chi connectivity index (χ3n) is 16.8. The second-order valence-corrected chi connectivity index (χ2v) is 25.5. The molecule has 0 aliphatic carbocycles. The Morgan fingerprint density at radius 1 is 0.544 bits per heavy atom. The van der Waals surface area contributed by atoms with E-state index in [9.17, 15) is 62.6 Å². The number of likely N-dealkylation sites (tertiary alicyclic amines) is 1. The van der Waals surface area contributed by atoms with Crippen molar-refractivity contribution in [1.82, 2.24) is 61.7 Å². The molecule has 0 saturated carbocycles. The summed E-state index contributed by atoms with van der Waals surface area (Å²) >= 11 is 0. The third kappa shape index (κ3) is 21.3. The Balaban J connectivity index is 1.51. The Hall–Kier alpha value is -7.96. The summed E-state index contributed by atoms with van der Waals surface area (Å²) in [4.78, 5) is 178. The molecular formula is C65H98N12O13. The number of hydrogen-bond donors (Lipinski definition) is 8. The Morgan fingerprint density at radius 2 is 1.09 bits per heavy atom. The van der Waals surface area contributed by atoms with E-state index in [1.54, 1.807) is 79.4 Å². The zero-order valence-corrected chi connectivity index (χ0v) is 54.4. The molecule has 496 valence electrons. The van der Waals surface area contributed by atoms with Crippen molar-refractivity contribution in [2.75, 3.05) is 47.3 Å². The first kappa shape index (κ1) is 72.8. The quantitative estimate of drug-likeness (QED) is 0.151. The minimum atomic E-state index is -1.49. The zero-order chi connectivity index (χ0) is 66.5. The van der Waals surface area contributed by atoms with E-state index in [2.05, 4.69) is 37.2 Å². The molecule has 0 spiro atoms. The number of nitrogens with zero attached hydrogens (tertiary/aromatic N) is 5. The average Bonchev–Trinajstić information content (AvgIpc) is 0.977. The molecule has 3 saturated heterocycles. The highest BCUT2D eigenvalue weighted by molar-refractivity contribution is 6.02. The number of aliphatic hydroxyl groups excluding tert-OH is 1. The molecule has 5 rings (SSSR count). The van der Waals surface area contributed by atoms with Crippen LogP contribution in [0, 0.1) is 17.8 Å². The van der Waals surface area contributed by atoms with Crippen molar-refractivity contribution in [3.8, 4) is 0 Å². The summed E-state index contributed by atoms with van der Waals surface area (Å²) in [7, 11) is 4.10. The first-order valence-electron chi connectivity index (χ1n) is 31.8. The number of nitrogens with one attached hydrogen (secondary N) is 7. The molecule has 13 amide bonds. The van der Waals surface area contributed by atoms with E-state index in [0.29, 0.717) is 37.1 Å². The van der Waals surface area contributed by atoms with Crippen molar-refractivity contribution in [3.05, 3.63) is 71.8 Å². The van der Waals surface area contributed by atoms with E-state index in [0.717, 1.165) is 16.2 Å². The molecular weight excluding hydrogens is 1160 g/mol. The Morgan fingerprint density at radius 3 is 1.63 bits per heavy atom. The van der Waals surface area contributed by atoms with Gasteiger partial charge in [-0.25, -0.2) is 4.79 Å². The fourth-order valence-corrected chi connectivity index (χ4v) is 11.2. The molecule has 3 aliphatic heterocycles. The Kier molecular flexibility index (Phi) is 28.2. The van der Waals surface area contributed by atoms with Crippen LogP contribution in [0.1, 0.15) is 137 Å². The number of imide groups is 1. The fourth-order valence-electron chi connectivity index (χ4n) is 11.2. The van der Waals surface area contributed by atoms with Crippen molar-refractivity contribution < 1.29 is 62.6 Å². The van der Waals surface area contributed by atoms with Crippen molar-refractivity contribution in [2.24, 2.45) is 17.8 Å². The first-order valence-corrected chi connectivity index (χ1v) is 31.8. The Labute approximate surface area is 529 Å². The molecule has 2 aromatic carbocycles. The van der Waals surface area contributed by atoms with Crippen LogP contribution in [0.2, 0.25) is 0 Å². The molecule has 90 heavy (non-hydrogen) atoms. The molecule has 10 atom stereocenters. The number of urea groups is 1. The highest BCUT2D eigenvalue weighted by Crippen LogP contribution is 2.24. The van der Waals surface area contributed by atoms with Crippen LogP contribution in [0.4, 0.5) is 4.79 Å². The van der Waals surface area contributed by atoms with Gasteiger partial charge in [-0.1, -0.05) is 102 Å². The van der Waals surface area contributed by atoms with Gasteiger partial charge < -0.3 is 61.5 Å². The number of piperidine rings is 1. The summed E-state index contributed by atoms with van der Waals surface area (Å²) in [6, 6.07) is 5.31. The van der Waals surface area contributed by atoms with Gasteiger partial charge in [-0.2, -0.15) is 0 Å². The number of amides is 13. The van der Waals surface area contributed by atoms with Gasteiger partial charge in [0, 0.05) is 66.6 Å². The predicted octanol–water partition coefficient (Wildman–Crippen LogP) is 1.93. The highest BCUT2D eigenvalue weighted by Gasteiger charge is 2.44. The summed E-state index contributed by atoms with van der Waals surface area (Å²) in [6.07, 6.45) is 1.12. The van der Waals surface area contributed by atoms with Gasteiger partial charge in [-0.15, -0.1) is 0 Å². The van der Waals surface area contributed by atoms with Crippen molar-refractivity contribution >= 4 is 71.0 Å². The highest BCUT2D eigenvalue weighted by atomic mass is 16.3. The van der Waals surface area contributed by atoms with Crippen LogP contribution in [0.5, 0.6) is 0 Å². The minimum Gasteiger partial charge on any atom is -0.391 e. The molecule has 25 nitrogen and oxygen atoms in total. The number of fused-ring (bicyclic) bond motifs is 1. The molecule has 3 fully saturated rings. The molecule has 2 aromatic rings. The largest absolute Gasteiger partial charge is 0.391 e. The second-order valence-electron chi connectivity index (χ2n) is 25.5. The van der Waals surface area contributed by atoms with E-state index < -0.39 is 138 Å². The van der Waals surface area contributed by atoms with Crippen molar-refractivity contribution in [1.29, 1.82) is 0 Å². The molecule has 3 aliphatic rings. The van der Waals surface area contributed by atoms with E-state index in [1.165, 1.54) is 44.8 Å². The molecule has 0 aromatic heterocycles. The van der Waals surface area contributed by atoms with Gasteiger partial charge in [0.15, 0.2) is 0 Å². The topological polar surface area (TPSA) is 325 Å². The monoisotopic (exact) mass is 1250 g/mol. The van der Waals surface area contributed by atoms with E-state index in [4.69, 9.17) is 0 Å². The van der Waals surface area contributed by atoms with E-state index >= 15 is 0 Å². The van der Waals surface area contributed by atoms with Crippen LogP contribution < -0.4 is 37.2 Å². The van der Waals surface area contributed by atoms with Crippen LogP contribution in [-0.2, 0) is 65.6 Å². The SMILES string of the molecule is CC(C)CC1C(=O)N[C@@H](CC(C)C)C(=O)N2CC[C@H]2C(=O)NC(=O)N(C)[C@@H](CC(C)C)C(=O)N[C@@H]([C@@H](C)O)C(=O)NCCCCC(=O)N[C@@H](Cc2ccccc2)C(=O)N[C@H](C(=O)N2CCCCC2)CC(=O)N(C)[C@@H](C)C(=O)N[C@@H](Cc2ccccc2)C(=O)N1C. The van der Waals surface area contributed by atoms with Gasteiger partial charge in [0.05, 0.1) is 12.5 Å². The third-order valence-corrected chi connectivity index (χ3v) is 16.8. The number of aliphatic hydroxyl groups is 1. The summed E-state index contributed by atoms with van der Waals surface area (Å²) in [5.41, 5.74) is 1.34. The minimum absolute atomic E-state index is 0.00565. The summed E-state index contributed by atoms with van der Waals surface area (Å²) < 4.78 is 0. The smallest absolute Gasteiger partial charge is 0.324 e. The normalized spacial score (nSPS) is 26.0. The van der Waals surface area contributed by atoms with Gasteiger partial charge in [-0.05, 0) is 101 Å². The fraction of sp³-hybridized carbons (Fsp3) is 0.631. The summed E-state index contributed by atoms with van der Waals surface area (Å²) in [5.74, 6) is -8.09. The molecule has 0 radical (unpaired) electrons. The van der Waals surface area contributed by atoms with Gasteiger partial charge in [0.1, 0.15) is 54.4 Å². The lowest BCUT2D eigenvalue weighted by Crippen LogP contribution is -2.65. The maximum Gasteiger partial charge on any atom is 0.324 e. The molecule has 25 heteroatoms. The molecule has 8 N–H and O–H groups in total. The zero-order valence-electron chi connectivity index (χ0n) is 54.4. The van der Waals surface area contributed by atoms with Gasteiger partial charge >= 0.3 is 6.03 Å². The summed E-state index contributed by atoms with van der Waals surface area (Å²) in [6.45, 7) is 14.7. The summed E-state index contributed by atoms with van der Waals surface area (Å²) in [5, 5.41) is 29.6. The molecule has 1 unspecified atom stereocenters. The second kappa shape index (κ2) is 34.9. The van der Waals surface area contributed by atoms with Gasteiger partial charge in [-0.3, -0.25) is 58.1 Å². The van der Waals surface area contributed by atoms with Crippen LogP contribution in [0.25, 0.3) is 0 Å². The van der Waals surface area contributed by atoms with Crippen LogP contribution in [-0.4, -0.2) is 208 Å². The number of likely N-dealkylation sites (N-methyl/N-ethyl adjacent to an activating group) is 3. The van der Waals surface area contributed by atoms with E-state index in [-0.39, 0.29) is 88.6 Å². The van der Waals surface area contributed by atoms with Crippen molar-refractivity contribution in [2.45, 2.75) is 199 Å². The van der Waals surface area contributed by atoms with Crippen LogP contribution in [0.15, 0.2) is 60.7 Å². The van der Waals surface area contributed by atoms with E-state index in [1.807, 2.05) is 27.7 Å². The van der Waals surface area contributed by atoms with Crippen LogP contribution >= 0.6 is 0 Å². The van der Waals surface area contributed by atoms with Crippen molar-refractivity contribution in [3.63, 3.8) is 0 Å². The Bertz CT molecular complexity index is 2810. The first-order chi connectivity index (χ1) is 42.6. The number of carbonyl (C=O) groups excluding carboxylic acids is 12. The lowest BCUT2D eigenvalue weighted by molar-refractivity contribution is -0.151. The van der Waals surface area contributed by atoms with Gasteiger partial charge in [0.25, 0.3) is 5.91 Å². The van der Waals surface area contributed by atoms with Gasteiger partial charge in [0.2, 0.25) is 59.1 Å². The number of rotatable bonds is 12. The predicted molar refractivity (Wildman–Crippen MR) is 336 cm³/mol. The molecule has 0 bridgehead atoms. The maximum absolute atomic E-state index is 15.0.